The van der Waals surface area contributed by atoms with Gasteiger partial charge in [0.1, 0.15) is 0 Å². The highest BCUT2D eigenvalue weighted by atomic mass is 32.1. The molecule has 0 heterocycles. The average molecular weight is 226 g/mol. The molecule has 0 radical (unpaired) electrons. The van der Waals surface area contributed by atoms with E-state index in [0.29, 0.717) is 0 Å². The lowest BCUT2D eigenvalue weighted by Crippen LogP contribution is -2.33. The van der Waals surface area contributed by atoms with Gasteiger partial charge in [-0.2, -0.15) is 0 Å². The van der Waals surface area contributed by atoms with Gasteiger partial charge in [0.25, 0.3) is 0 Å². The van der Waals surface area contributed by atoms with E-state index in [0.717, 1.165) is 24.3 Å². The van der Waals surface area contributed by atoms with Crippen molar-refractivity contribution in [2.24, 2.45) is 23.5 Å². The van der Waals surface area contributed by atoms with Crippen LogP contribution in [0.4, 0.5) is 0 Å². The third-order valence-corrected chi connectivity index (χ3v) is 3.47. The third-order valence-electron chi connectivity index (χ3n) is 3.32. The highest BCUT2D eigenvalue weighted by molar-refractivity contribution is 7.80. The summed E-state index contributed by atoms with van der Waals surface area (Å²) in [5, 5.41) is 2.95. The normalized spacial score (nSPS) is 20.3. The molecule has 2 fully saturated rings. The lowest BCUT2D eigenvalue weighted by atomic mass is 9.98. The van der Waals surface area contributed by atoms with Gasteiger partial charge in [-0.15, -0.1) is 0 Å². The van der Waals surface area contributed by atoms with Gasteiger partial charge in [-0.3, -0.25) is 4.79 Å². The van der Waals surface area contributed by atoms with Crippen LogP contribution in [0.2, 0.25) is 0 Å². The Morgan fingerprint density at radius 3 is 2.27 bits per heavy atom. The summed E-state index contributed by atoms with van der Waals surface area (Å²) in [6, 6.07) is 0. The molecule has 0 aliphatic heterocycles. The average Bonchev–Trinajstić information content (AvgIpc) is 2.99. The van der Waals surface area contributed by atoms with E-state index in [2.05, 4.69) is 5.32 Å². The Bertz CT molecular complexity index is 260. The number of amides is 1. The van der Waals surface area contributed by atoms with Crippen LogP contribution in [0, 0.1) is 17.8 Å². The molecular weight excluding hydrogens is 208 g/mol. The summed E-state index contributed by atoms with van der Waals surface area (Å²) >= 11 is 4.70. The first-order valence-electron chi connectivity index (χ1n) is 5.72. The van der Waals surface area contributed by atoms with E-state index >= 15 is 0 Å². The SMILES string of the molecule is NC(=S)CC(=O)NCC(C1CC1)C1CC1. The molecule has 2 rings (SSSR count). The zero-order valence-electron chi connectivity index (χ0n) is 8.87. The molecule has 3 N–H and O–H groups in total. The van der Waals surface area contributed by atoms with Crippen molar-refractivity contribution in [3.8, 4) is 0 Å². The fraction of sp³-hybridized carbons (Fsp3) is 0.818. The van der Waals surface area contributed by atoms with E-state index in [1.807, 2.05) is 0 Å². The van der Waals surface area contributed by atoms with Crippen LogP contribution in [-0.2, 0) is 4.79 Å². The van der Waals surface area contributed by atoms with Crippen LogP contribution in [0.25, 0.3) is 0 Å². The molecule has 0 unspecified atom stereocenters. The summed E-state index contributed by atoms with van der Waals surface area (Å²) < 4.78 is 0. The molecule has 0 atom stereocenters. The molecule has 2 aliphatic carbocycles. The smallest absolute Gasteiger partial charge is 0.226 e. The predicted octanol–water partition coefficient (Wildman–Crippen LogP) is 1.21. The molecule has 0 aromatic carbocycles. The molecule has 0 saturated heterocycles. The molecule has 0 aromatic heterocycles. The van der Waals surface area contributed by atoms with Crippen LogP contribution in [0.15, 0.2) is 0 Å². The minimum Gasteiger partial charge on any atom is -0.393 e. The van der Waals surface area contributed by atoms with Gasteiger partial charge >= 0.3 is 0 Å². The number of hydrogen-bond donors (Lipinski definition) is 2. The fourth-order valence-corrected chi connectivity index (χ4v) is 2.35. The first-order valence-corrected chi connectivity index (χ1v) is 6.12. The van der Waals surface area contributed by atoms with Gasteiger partial charge in [-0.1, -0.05) is 12.2 Å². The lowest BCUT2D eigenvalue weighted by Gasteiger charge is -2.15. The molecule has 0 bridgehead atoms. The Balaban J connectivity index is 1.70. The molecule has 15 heavy (non-hydrogen) atoms. The fourth-order valence-electron chi connectivity index (χ4n) is 2.22. The van der Waals surface area contributed by atoms with E-state index in [9.17, 15) is 4.79 Å². The van der Waals surface area contributed by atoms with Crippen molar-refractivity contribution in [3.63, 3.8) is 0 Å². The first kappa shape index (κ1) is 10.9. The Kier molecular flexibility index (Phi) is 3.24. The van der Waals surface area contributed by atoms with E-state index in [4.69, 9.17) is 18.0 Å². The summed E-state index contributed by atoms with van der Waals surface area (Å²) in [4.78, 5) is 11.6. The molecule has 4 heteroatoms. The summed E-state index contributed by atoms with van der Waals surface area (Å²) in [6.45, 7) is 0.830. The Morgan fingerprint density at radius 1 is 1.33 bits per heavy atom. The van der Waals surface area contributed by atoms with E-state index in [-0.39, 0.29) is 17.3 Å². The minimum atomic E-state index is -0.0196. The molecule has 0 aromatic rings. The van der Waals surface area contributed by atoms with E-state index < -0.39 is 0 Å². The number of carbonyl (C=O) groups is 1. The van der Waals surface area contributed by atoms with Crippen LogP contribution in [-0.4, -0.2) is 17.4 Å². The number of nitrogens with two attached hydrogens (primary N) is 1. The van der Waals surface area contributed by atoms with Crippen molar-refractivity contribution < 1.29 is 4.79 Å². The molecule has 2 saturated carbocycles. The second-order valence-corrected chi connectivity index (χ2v) is 5.31. The molecule has 3 nitrogen and oxygen atoms in total. The number of rotatable bonds is 6. The Labute approximate surface area is 95.8 Å². The molecule has 2 aliphatic rings. The number of thiocarbonyl (C=S) groups is 1. The largest absolute Gasteiger partial charge is 0.393 e. The quantitative estimate of drug-likeness (QED) is 0.669. The molecule has 1 amide bonds. The van der Waals surface area contributed by atoms with Gasteiger partial charge in [0.15, 0.2) is 0 Å². The van der Waals surface area contributed by atoms with Crippen molar-refractivity contribution in [1.29, 1.82) is 0 Å². The highest BCUT2D eigenvalue weighted by Gasteiger charge is 2.41. The molecule has 0 spiro atoms. The van der Waals surface area contributed by atoms with Crippen LogP contribution in [0.3, 0.4) is 0 Å². The van der Waals surface area contributed by atoms with Crippen molar-refractivity contribution >= 4 is 23.1 Å². The van der Waals surface area contributed by atoms with Crippen LogP contribution < -0.4 is 11.1 Å². The molecular formula is C11H18N2OS. The van der Waals surface area contributed by atoms with Crippen molar-refractivity contribution in [1.82, 2.24) is 5.32 Å². The number of hydrogen-bond acceptors (Lipinski definition) is 2. The summed E-state index contributed by atoms with van der Waals surface area (Å²) in [5.74, 6) is 2.46. The number of nitrogens with one attached hydrogen (secondary N) is 1. The monoisotopic (exact) mass is 226 g/mol. The summed E-state index contributed by atoms with van der Waals surface area (Å²) in [7, 11) is 0. The minimum absolute atomic E-state index is 0.0196. The molecule has 84 valence electrons. The topological polar surface area (TPSA) is 55.1 Å². The Morgan fingerprint density at radius 2 is 1.87 bits per heavy atom. The Hall–Kier alpha value is -0.640. The van der Waals surface area contributed by atoms with Crippen LogP contribution in [0.5, 0.6) is 0 Å². The van der Waals surface area contributed by atoms with Crippen molar-refractivity contribution in [2.45, 2.75) is 32.1 Å². The van der Waals surface area contributed by atoms with E-state index in [1.54, 1.807) is 0 Å². The van der Waals surface area contributed by atoms with Gasteiger partial charge in [-0.25, -0.2) is 0 Å². The maximum Gasteiger partial charge on any atom is 0.226 e. The number of carbonyl (C=O) groups excluding carboxylic acids is 1. The predicted molar refractivity (Wildman–Crippen MR) is 63.4 cm³/mol. The first-order chi connectivity index (χ1) is 7.16. The second-order valence-electron chi connectivity index (χ2n) is 4.79. The van der Waals surface area contributed by atoms with Crippen molar-refractivity contribution in [3.05, 3.63) is 0 Å². The van der Waals surface area contributed by atoms with E-state index in [1.165, 1.54) is 25.7 Å². The van der Waals surface area contributed by atoms with Crippen LogP contribution in [0.1, 0.15) is 32.1 Å². The van der Waals surface area contributed by atoms with Gasteiger partial charge in [-0.05, 0) is 43.4 Å². The van der Waals surface area contributed by atoms with Gasteiger partial charge < -0.3 is 11.1 Å². The van der Waals surface area contributed by atoms with Gasteiger partial charge in [0.05, 0.1) is 11.4 Å². The highest BCUT2D eigenvalue weighted by Crippen LogP contribution is 2.48. The van der Waals surface area contributed by atoms with Gasteiger partial charge in [0, 0.05) is 6.54 Å². The maximum atomic E-state index is 11.4. The van der Waals surface area contributed by atoms with Crippen LogP contribution >= 0.6 is 12.2 Å². The maximum absolute atomic E-state index is 11.4. The zero-order valence-corrected chi connectivity index (χ0v) is 9.69. The van der Waals surface area contributed by atoms with Gasteiger partial charge in [0.2, 0.25) is 5.91 Å². The third kappa shape index (κ3) is 3.45. The second kappa shape index (κ2) is 4.47. The zero-order chi connectivity index (χ0) is 10.8. The summed E-state index contributed by atoms with van der Waals surface area (Å²) in [5.41, 5.74) is 5.31. The standard InChI is InChI=1S/C11H18N2OS/c12-10(15)5-11(14)13-6-9(7-1-2-7)8-3-4-8/h7-9H,1-6H2,(H2,12,15)(H,13,14). The lowest BCUT2D eigenvalue weighted by molar-refractivity contribution is -0.120. The summed E-state index contributed by atoms with van der Waals surface area (Å²) in [6.07, 6.45) is 5.61. The van der Waals surface area contributed by atoms with Crippen molar-refractivity contribution in [2.75, 3.05) is 6.54 Å².